The molecule has 0 aliphatic heterocycles. The van der Waals surface area contributed by atoms with E-state index in [0.717, 1.165) is 32.0 Å². The van der Waals surface area contributed by atoms with Gasteiger partial charge in [-0.2, -0.15) is 0 Å². The van der Waals surface area contributed by atoms with Crippen molar-refractivity contribution < 1.29 is 13.7 Å². The summed E-state index contributed by atoms with van der Waals surface area (Å²) in [6, 6.07) is 0. The van der Waals surface area contributed by atoms with Crippen LogP contribution in [-0.2, 0) is 13.7 Å². The molecule has 5 saturated carbocycles. The summed E-state index contributed by atoms with van der Waals surface area (Å²) >= 11 is 0. The van der Waals surface area contributed by atoms with Crippen LogP contribution in [0.5, 0.6) is 0 Å². The van der Waals surface area contributed by atoms with Gasteiger partial charge in [-0.25, -0.2) is 0 Å². The first-order valence-corrected chi connectivity index (χ1v) is 19.1. The molecule has 0 saturated heterocycles. The van der Waals surface area contributed by atoms with Crippen LogP contribution >= 0.6 is 10.3 Å². The number of carbonyl (C=O) groups excluding carboxylic acids is 1. The Bertz CT molecular complexity index is 858. The molecule has 5 aliphatic carbocycles. The highest BCUT2D eigenvalue weighted by Gasteiger charge is 2.63. The summed E-state index contributed by atoms with van der Waals surface area (Å²) in [5.74, 6) is 4.25. The molecule has 5 rings (SSSR count). The molecular weight excluding hydrogens is 500 g/mol. The highest BCUT2D eigenvalue weighted by atomic mass is 32.3. The molecule has 0 aromatic rings. The number of hydrogen-bond donors (Lipinski definition) is 0. The fourth-order valence-electron chi connectivity index (χ4n) is 9.26. The smallest absolute Gasteiger partial charge is 0.136 e. The van der Waals surface area contributed by atoms with Gasteiger partial charge in [-0.1, -0.05) is 61.3 Å². The van der Waals surface area contributed by atoms with E-state index in [9.17, 15) is 4.79 Å². The van der Waals surface area contributed by atoms with E-state index in [1.54, 1.807) is 0 Å². The van der Waals surface area contributed by atoms with Gasteiger partial charge in [-0.15, -0.1) is 10.3 Å². The molecule has 0 heterocycles. The highest BCUT2D eigenvalue weighted by Crippen LogP contribution is 2.68. The first kappa shape index (κ1) is 31.9. The molecule has 0 aromatic heterocycles. The van der Waals surface area contributed by atoms with Gasteiger partial charge in [0.25, 0.3) is 0 Å². The second-order valence-electron chi connectivity index (χ2n) is 16.1. The van der Waals surface area contributed by atoms with Crippen molar-refractivity contribution in [3.8, 4) is 0 Å². The van der Waals surface area contributed by atoms with Crippen LogP contribution < -0.4 is 0 Å². The standard InChI is InChI=1S/C33H58O3S.C2H6/c1-30(2,3)37(7,8)36-20-15-24-11-12-26-29-27(13-16-32(24,26)5)33(6)18-17-31(4,22-25(33)21-28(29)34)35-19-14-23-9-10-23;1-2/h23-27,29H,9-22H2,1-8H3;1-2H3/t24?,25-,26?,27?,29?,31?,32?,33?;/m0./s1. The lowest BCUT2D eigenvalue weighted by Crippen LogP contribution is -2.58. The summed E-state index contributed by atoms with van der Waals surface area (Å²) in [5, 5.41) is 0. The molecule has 0 aromatic carbocycles. The van der Waals surface area contributed by atoms with Gasteiger partial charge < -0.3 is 8.92 Å². The van der Waals surface area contributed by atoms with Crippen LogP contribution in [0.15, 0.2) is 0 Å². The Morgan fingerprint density at radius 1 is 0.846 bits per heavy atom. The van der Waals surface area contributed by atoms with Crippen LogP contribution in [0.25, 0.3) is 0 Å². The third kappa shape index (κ3) is 6.20. The SMILES string of the molecule is CC.CC1(OCCC2CC2)CCC2(C)C3CCC4(C)C(CCOS(C)(C)C(C)(C)C)CCC4C3C(=O)C[C@H]2C1. The summed E-state index contributed by atoms with van der Waals surface area (Å²) in [6.07, 6.45) is 19.3. The maximum Gasteiger partial charge on any atom is 0.136 e. The van der Waals surface area contributed by atoms with Crippen LogP contribution in [0, 0.1) is 46.3 Å². The minimum Gasteiger partial charge on any atom is -0.375 e. The van der Waals surface area contributed by atoms with Crippen molar-refractivity contribution in [3.63, 3.8) is 0 Å². The Morgan fingerprint density at radius 2 is 1.51 bits per heavy atom. The van der Waals surface area contributed by atoms with E-state index in [1.165, 1.54) is 64.2 Å². The normalized spacial score (nSPS) is 42.6. The average Bonchev–Trinajstić information content (AvgIpc) is 3.62. The predicted molar refractivity (Wildman–Crippen MR) is 168 cm³/mol. The van der Waals surface area contributed by atoms with Gasteiger partial charge in [0.05, 0.1) is 12.2 Å². The quantitative estimate of drug-likeness (QED) is 0.294. The minimum atomic E-state index is -1.07. The number of ether oxygens (including phenoxy) is 1. The van der Waals surface area contributed by atoms with Gasteiger partial charge in [-0.3, -0.25) is 4.79 Å². The molecule has 5 aliphatic rings. The van der Waals surface area contributed by atoms with Crippen LogP contribution in [-0.4, -0.2) is 41.9 Å². The predicted octanol–water partition coefficient (Wildman–Crippen LogP) is 9.61. The van der Waals surface area contributed by atoms with E-state index in [4.69, 9.17) is 8.92 Å². The zero-order valence-corrected chi connectivity index (χ0v) is 28.3. The first-order chi connectivity index (χ1) is 18.2. The molecule has 7 unspecified atom stereocenters. The molecule has 0 amide bonds. The van der Waals surface area contributed by atoms with Crippen molar-refractivity contribution >= 4 is 16.1 Å². The average molecular weight is 565 g/mol. The lowest BCUT2D eigenvalue weighted by molar-refractivity contribution is -0.173. The molecule has 8 atom stereocenters. The monoisotopic (exact) mass is 564 g/mol. The molecule has 0 radical (unpaired) electrons. The van der Waals surface area contributed by atoms with Gasteiger partial charge in [0.15, 0.2) is 0 Å². The largest absolute Gasteiger partial charge is 0.375 e. The molecule has 5 fully saturated rings. The van der Waals surface area contributed by atoms with Crippen LogP contribution in [0.4, 0.5) is 0 Å². The van der Waals surface area contributed by atoms with Gasteiger partial charge in [0, 0.05) is 23.7 Å². The number of ketones is 1. The number of fused-ring (bicyclic) bond motifs is 5. The van der Waals surface area contributed by atoms with Gasteiger partial charge in [-0.05, 0) is 118 Å². The Hall–Kier alpha value is -0.0600. The van der Waals surface area contributed by atoms with Gasteiger partial charge >= 0.3 is 0 Å². The minimum absolute atomic E-state index is 0.0172. The van der Waals surface area contributed by atoms with Crippen molar-refractivity contribution in [3.05, 3.63) is 0 Å². The summed E-state index contributed by atoms with van der Waals surface area (Å²) < 4.78 is 13.3. The van der Waals surface area contributed by atoms with E-state index in [0.29, 0.717) is 46.2 Å². The first-order valence-electron chi connectivity index (χ1n) is 16.7. The van der Waals surface area contributed by atoms with Gasteiger partial charge in [0.1, 0.15) is 5.78 Å². The molecule has 228 valence electrons. The fraction of sp³-hybridized carbons (Fsp3) is 0.971. The summed E-state index contributed by atoms with van der Waals surface area (Å²) in [7, 11) is -1.07. The van der Waals surface area contributed by atoms with Crippen molar-refractivity contribution in [2.24, 2.45) is 46.3 Å². The lowest BCUT2D eigenvalue weighted by atomic mass is 9.43. The molecule has 3 nitrogen and oxygen atoms in total. The lowest BCUT2D eigenvalue weighted by Gasteiger charge is -2.61. The molecule has 0 N–H and O–H groups in total. The Balaban J connectivity index is 0.00000172. The zero-order chi connectivity index (χ0) is 28.9. The van der Waals surface area contributed by atoms with Crippen molar-refractivity contribution in [1.82, 2.24) is 0 Å². The Kier molecular flexibility index (Phi) is 9.44. The second kappa shape index (κ2) is 11.6. The molecule has 0 bridgehead atoms. The van der Waals surface area contributed by atoms with E-state index < -0.39 is 10.3 Å². The topological polar surface area (TPSA) is 35.5 Å². The molecule has 39 heavy (non-hydrogen) atoms. The van der Waals surface area contributed by atoms with Crippen LogP contribution in [0.3, 0.4) is 0 Å². The Labute approximate surface area is 244 Å². The molecule has 4 heteroatoms. The maximum absolute atomic E-state index is 13.9. The number of rotatable bonds is 8. The summed E-state index contributed by atoms with van der Waals surface area (Å²) in [5.41, 5.74) is 0.622. The third-order valence-electron chi connectivity index (χ3n) is 12.9. The van der Waals surface area contributed by atoms with Crippen LogP contribution in [0.2, 0.25) is 0 Å². The van der Waals surface area contributed by atoms with E-state index in [-0.39, 0.29) is 10.3 Å². The van der Waals surface area contributed by atoms with E-state index in [1.807, 2.05) is 13.8 Å². The fourth-order valence-corrected chi connectivity index (χ4v) is 10.1. The van der Waals surface area contributed by atoms with E-state index >= 15 is 0 Å². The number of carbonyl (C=O) groups is 1. The van der Waals surface area contributed by atoms with Gasteiger partial charge in [0.2, 0.25) is 0 Å². The second-order valence-corrected chi connectivity index (χ2v) is 20.0. The zero-order valence-electron chi connectivity index (χ0n) is 27.5. The molecule has 0 spiro atoms. The summed E-state index contributed by atoms with van der Waals surface area (Å²) in [4.78, 5) is 13.9. The van der Waals surface area contributed by atoms with Crippen LogP contribution in [0.1, 0.15) is 132 Å². The third-order valence-corrected chi connectivity index (χ3v) is 16.6. The number of Topliss-reactive ketones (excluding diaryl/α,β-unsaturated/α-hetero) is 1. The summed E-state index contributed by atoms with van der Waals surface area (Å²) in [6.45, 7) is 20.2. The van der Waals surface area contributed by atoms with Crippen molar-refractivity contribution in [2.75, 3.05) is 25.7 Å². The van der Waals surface area contributed by atoms with E-state index in [2.05, 4.69) is 54.1 Å². The highest BCUT2D eigenvalue weighted by molar-refractivity contribution is 8.29. The Morgan fingerprint density at radius 3 is 2.15 bits per heavy atom. The van der Waals surface area contributed by atoms with Crippen molar-refractivity contribution in [1.29, 1.82) is 0 Å². The van der Waals surface area contributed by atoms with Crippen molar-refractivity contribution in [2.45, 2.75) is 143 Å². The maximum atomic E-state index is 13.9. The molecular formula is C35H64O3S. The number of hydrogen-bond acceptors (Lipinski definition) is 3.